The lowest BCUT2D eigenvalue weighted by Crippen LogP contribution is -2.23. The highest BCUT2D eigenvalue weighted by Crippen LogP contribution is 2.35. The zero-order valence-corrected chi connectivity index (χ0v) is 16.8. The Balaban J connectivity index is 1.70. The molecule has 1 aliphatic heterocycles. The van der Waals surface area contributed by atoms with Crippen LogP contribution in [0, 0.1) is 0 Å². The molecule has 0 bridgehead atoms. The normalized spacial score (nSPS) is 15.9. The average molecular weight is 426 g/mol. The van der Waals surface area contributed by atoms with E-state index >= 15 is 0 Å². The number of carbonyl (C=O) groups excluding carboxylic acids is 1. The first kappa shape index (κ1) is 19.4. The van der Waals surface area contributed by atoms with Crippen LogP contribution in [0.15, 0.2) is 84.6 Å². The van der Waals surface area contributed by atoms with E-state index in [0.717, 1.165) is 29.6 Å². The lowest BCUT2D eigenvalue weighted by atomic mass is 9.91. The molecule has 1 N–H and O–H groups in total. The van der Waals surface area contributed by atoms with Crippen molar-refractivity contribution in [3.05, 3.63) is 106 Å². The number of allylic oxidation sites excluding steroid dienone is 4. The minimum Gasteiger partial charge on any atom is -0.505 e. The number of halogens is 2. The third-order valence-electron chi connectivity index (χ3n) is 4.72. The number of carbonyl (C=O) groups is 1. The lowest BCUT2D eigenvalue weighted by Gasteiger charge is -2.24. The summed E-state index contributed by atoms with van der Waals surface area (Å²) in [6, 6.07) is 12.8. The van der Waals surface area contributed by atoms with E-state index in [1.165, 1.54) is 29.5 Å². The fourth-order valence-electron chi connectivity index (χ4n) is 3.29. The molecule has 4 rings (SSSR count). The molecule has 0 saturated carbocycles. The van der Waals surface area contributed by atoms with Crippen molar-refractivity contribution in [1.29, 1.82) is 0 Å². The summed E-state index contributed by atoms with van der Waals surface area (Å²) < 4.78 is 5.75. The Morgan fingerprint density at radius 3 is 2.55 bits per heavy atom. The van der Waals surface area contributed by atoms with E-state index in [2.05, 4.69) is 12.2 Å². The van der Waals surface area contributed by atoms with Gasteiger partial charge in [0.25, 0.3) is 5.91 Å². The summed E-state index contributed by atoms with van der Waals surface area (Å²) in [5.74, 6) is 0.0318. The maximum absolute atomic E-state index is 12.9. The topological polar surface area (TPSA) is 49.8 Å². The molecular formula is C23H17Cl2NO3. The predicted molar refractivity (Wildman–Crippen MR) is 114 cm³/mol. The fourth-order valence-corrected chi connectivity index (χ4v) is 3.78. The Labute approximate surface area is 178 Å². The molecule has 0 spiro atoms. The second-order valence-electron chi connectivity index (χ2n) is 6.60. The summed E-state index contributed by atoms with van der Waals surface area (Å²) in [4.78, 5) is 14.4. The molecule has 4 nitrogen and oxygen atoms in total. The van der Waals surface area contributed by atoms with Gasteiger partial charge >= 0.3 is 0 Å². The quantitative estimate of drug-likeness (QED) is 0.628. The number of hydrogen-bond acceptors (Lipinski definition) is 3. The van der Waals surface area contributed by atoms with Crippen LogP contribution in [0.2, 0.25) is 10.0 Å². The van der Waals surface area contributed by atoms with Gasteiger partial charge in [-0.2, -0.15) is 0 Å². The van der Waals surface area contributed by atoms with E-state index < -0.39 is 0 Å². The number of amides is 1. The zero-order chi connectivity index (χ0) is 20.4. The molecule has 1 heterocycles. The van der Waals surface area contributed by atoms with Crippen molar-refractivity contribution in [2.75, 3.05) is 0 Å². The van der Waals surface area contributed by atoms with Crippen molar-refractivity contribution in [3.63, 3.8) is 0 Å². The molecule has 2 aromatic carbocycles. The van der Waals surface area contributed by atoms with Crippen LogP contribution < -0.4 is 0 Å². The van der Waals surface area contributed by atoms with Crippen LogP contribution in [0.4, 0.5) is 0 Å². The van der Waals surface area contributed by atoms with Crippen LogP contribution in [0.25, 0.3) is 5.57 Å². The third-order valence-corrected chi connectivity index (χ3v) is 5.30. The molecule has 6 heteroatoms. The van der Waals surface area contributed by atoms with E-state index in [1.807, 2.05) is 30.3 Å². The molecule has 0 radical (unpaired) electrons. The van der Waals surface area contributed by atoms with Crippen molar-refractivity contribution >= 4 is 34.7 Å². The SMILES string of the molecule is O=C(c1cc(Cl)c(O)c(Cl)c1)N1C=COC(C2=C(c3ccccc3)C=CCC2)=C1. The maximum atomic E-state index is 12.9. The predicted octanol–water partition coefficient (Wildman–Crippen LogP) is 6.29. The van der Waals surface area contributed by atoms with Gasteiger partial charge in [-0.25, -0.2) is 0 Å². The van der Waals surface area contributed by atoms with Gasteiger partial charge in [0.05, 0.1) is 16.2 Å². The summed E-state index contributed by atoms with van der Waals surface area (Å²) in [5, 5.41) is 9.77. The Kier molecular flexibility index (Phi) is 5.47. The molecule has 1 amide bonds. The number of aromatic hydroxyl groups is 1. The fraction of sp³-hybridized carbons (Fsp3) is 0.0870. The first-order chi connectivity index (χ1) is 14.0. The van der Waals surface area contributed by atoms with Gasteiger partial charge in [0.2, 0.25) is 0 Å². The van der Waals surface area contributed by atoms with Crippen LogP contribution in [0.3, 0.4) is 0 Å². The molecular weight excluding hydrogens is 409 g/mol. The molecule has 2 aromatic rings. The van der Waals surface area contributed by atoms with Gasteiger partial charge in [-0.1, -0.05) is 65.7 Å². The molecule has 0 atom stereocenters. The third kappa shape index (κ3) is 3.95. The van der Waals surface area contributed by atoms with Crippen LogP contribution >= 0.6 is 23.2 Å². The molecule has 0 fully saturated rings. The smallest absolute Gasteiger partial charge is 0.262 e. The second-order valence-corrected chi connectivity index (χ2v) is 7.41. The van der Waals surface area contributed by atoms with Crippen LogP contribution in [0.5, 0.6) is 5.75 Å². The Morgan fingerprint density at radius 1 is 1.10 bits per heavy atom. The molecule has 0 saturated heterocycles. The van der Waals surface area contributed by atoms with Gasteiger partial charge in [-0.05, 0) is 36.1 Å². The Bertz CT molecular complexity index is 1060. The monoisotopic (exact) mass is 425 g/mol. The number of nitrogens with zero attached hydrogens (tertiary/aromatic N) is 1. The van der Waals surface area contributed by atoms with E-state index in [9.17, 15) is 9.90 Å². The van der Waals surface area contributed by atoms with Gasteiger partial charge in [0, 0.05) is 17.3 Å². The summed E-state index contributed by atoms with van der Waals surface area (Å²) in [7, 11) is 0. The minimum atomic E-state index is -0.334. The molecule has 0 unspecified atom stereocenters. The van der Waals surface area contributed by atoms with Gasteiger partial charge in [0.1, 0.15) is 12.0 Å². The highest BCUT2D eigenvalue weighted by molar-refractivity contribution is 6.37. The summed E-state index contributed by atoms with van der Waals surface area (Å²) >= 11 is 11.9. The number of hydrogen-bond donors (Lipinski definition) is 1. The number of phenols is 1. The average Bonchev–Trinajstić information content (AvgIpc) is 2.77. The number of phenolic OH excluding ortho intramolecular Hbond substituents is 1. The van der Waals surface area contributed by atoms with Crippen molar-refractivity contribution in [3.8, 4) is 5.75 Å². The van der Waals surface area contributed by atoms with E-state index in [1.54, 1.807) is 6.20 Å². The maximum Gasteiger partial charge on any atom is 0.262 e. The summed E-state index contributed by atoms with van der Waals surface area (Å²) in [6.07, 6.45) is 10.6. The van der Waals surface area contributed by atoms with E-state index in [-0.39, 0.29) is 27.3 Å². The van der Waals surface area contributed by atoms with Crippen LogP contribution in [-0.4, -0.2) is 15.9 Å². The minimum absolute atomic E-state index is 0.0220. The van der Waals surface area contributed by atoms with Crippen molar-refractivity contribution < 1.29 is 14.6 Å². The molecule has 146 valence electrons. The van der Waals surface area contributed by atoms with Gasteiger partial charge in [-0.3, -0.25) is 9.69 Å². The van der Waals surface area contributed by atoms with Gasteiger partial charge in [-0.15, -0.1) is 0 Å². The highest BCUT2D eigenvalue weighted by atomic mass is 35.5. The number of benzene rings is 2. The molecule has 1 aliphatic carbocycles. The van der Waals surface area contributed by atoms with Crippen molar-refractivity contribution in [1.82, 2.24) is 4.90 Å². The molecule has 29 heavy (non-hydrogen) atoms. The van der Waals surface area contributed by atoms with E-state index in [4.69, 9.17) is 27.9 Å². The lowest BCUT2D eigenvalue weighted by molar-refractivity contribution is 0.0855. The highest BCUT2D eigenvalue weighted by Gasteiger charge is 2.22. The number of rotatable bonds is 3. The number of ether oxygens (including phenoxy) is 1. The zero-order valence-electron chi connectivity index (χ0n) is 15.3. The summed E-state index contributed by atoms with van der Waals surface area (Å²) in [6.45, 7) is 0. The van der Waals surface area contributed by atoms with Crippen molar-refractivity contribution in [2.24, 2.45) is 0 Å². The molecule has 2 aliphatic rings. The molecule has 0 aromatic heterocycles. The first-order valence-corrected chi connectivity index (χ1v) is 9.81. The van der Waals surface area contributed by atoms with Gasteiger partial charge in [0.15, 0.2) is 5.75 Å². The summed E-state index contributed by atoms with van der Waals surface area (Å²) in [5.41, 5.74) is 3.46. The van der Waals surface area contributed by atoms with E-state index in [0.29, 0.717) is 5.76 Å². The standard InChI is InChI=1S/C23H17Cl2NO3/c24-19-12-16(13-20(25)22(19)27)23(28)26-10-11-29-21(14-26)18-9-5-4-8-17(18)15-6-2-1-3-7-15/h1-4,6-8,10-14,27H,5,9H2. The Hall–Kier alpha value is -2.95. The van der Waals surface area contributed by atoms with Gasteiger partial charge < -0.3 is 9.84 Å². The second kappa shape index (κ2) is 8.19. The van der Waals surface area contributed by atoms with Crippen LogP contribution in [-0.2, 0) is 4.74 Å². The Morgan fingerprint density at radius 2 is 1.83 bits per heavy atom. The first-order valence-electron chi connectivity index (χ1n) is 9.06. The van der Waals surface area contributed by atoms with Crippen molar-refractivity contribution in [2.45, 2.75) is 12.8 Å². The van der Waals surface area contributed by atoms with Crippen LogP contribution in [0.1, 0.15) is 28.8 Å². The largest absolute Gasteiger partial charge is 0.505 e.